The molecule has 2 heterocycles. The maximum Gasteiger partial charge on any atom is 0.417 e. The summed E-state index contributed by atoms with van der Waals surface area (Å²) >= 11 is 0. The van der Waals surface area contributed by atoms with Gasteiger partial charge in [-0.25, -0.2) is 0 Å². The number of hydrogen-bond donors (Lipinski definition) is 0. The van der Waals surface area contributed by atoms with Crippen molar-refractivity contribution in [2.24, 2.45) is 11.3 Å². The molecule has 180 valence electrons. The molecule has 0 aliphatic carbocycles. The maximum atomic E-state index is 13.5. The third-order valence-electron chi connectivity index (χ3n) is 6.72. The van der Waals surface area contributed by atoms with Crippen LogP contribution in [-0.2, 0) is 20.5 Å². The molecular formula is C23H29F3N4O3. The number of hydrogen-bond acceptors (Lipinski definition) is 5. The Bertz CT molecular complexity index is 934. The average molecular weight is 467 g/mol. The van der Waals surface area contributed by atoms with Gasteiger partial charge in [0.1, 0.15) is 6.61 Å². The molecule has 1 spiro atoms. The van der Waals surface area contributed by atoms with Gasteiger partial charge in [-0.05, 0) is 38.0 Å². The smallest absolute Gasteiger partial charge is 0.372 e. The Labute approximate surface area is 191 Å². The second kappa shape index (κ2) is 9.59. The number of ether oxygens (including phenoxy) is 1. The van der Waals surface area contributed by atoms with Crippen LogP contribution < -0.4 is 4.90 Å². The van der Waals surface area contributed by atoms with E-state index >= 15 is 0 Å². The van der Waals surface area contributed by atoms with Crippen LogP contribution in [0.15, 0.2) is 18.2 Å². The van der Waals surface area contributed by atoms with Crippen molar-refractivity contribution in [2.75, 3.05) is 58.4 Å². The van der Waals surface area contributed by atoms with E-state index in [1.807, 2.05) is 6.92 Å². The molecule has 2 aliphatic heterocycles. The molecule has 1 unspecified atom stereocenters. The summed E-state index contributed by atoms with van der Waals surface area (Å²) in [5.74, 6) is -0.572. The van der Waals surface area contributed by atoms with Gasteiger partial charge >= 0.3 is 6.18 Å². The van der Waals surface area contributed by atoms with E-state index in [-0.39, 0.29) is 25.0 Å². The molecule has 2 fully saturated rings. The van der Waals surface area contributed by atoms with Crippen LogP contribution in [0.4, 0.5) is 18.9 Å². The number of likely N-dealkylation sites (tertiary alicyclic amines) is 1. The Balaban J connectivity index is 1.87. The predicted octanol–water partition coefficient (Wildman–Crippen LogP) is 2.75. The van der Waals surface area contributed by atoms with Crippen LogP contribution in [0.5, 0.6) is 0 Å². The second-order valence-corrected chi connectivity index (χ2v) is 8.89. The molecule has 10 heteroatoms. The SMILES string of the molecule is CCOCC(=O)N1CCC2(CC1)CN(c1ccc(C#N)c(C(F)(F)F)c1)CC2C(=O)N(C)C. The summed E-state index contributed by atoms with van der Waals surface area (Å²) in [5.41, 5.74) is -1.52. The van der Waals surface area contributed by atoms with Crippen LogP contribution in [0.3, 0.4) is 0 Å². The minimum Gasteiger partial charge on any atom is -0.372 e. The minimum absolute atomic E-state index is 0.0150. The first-order valence-corrected chi connectivity index (χ1v) is 11.0. The Hall–Kier alpha value is -2.80. The van der Waals surface area contributed by atoms with Gasteiger partial charge in [0.25, 0.3) is 0 Å². The molecule has 0 saturated carbocycles. The van der Waals surface area contributed by atoms with Crippen molar-refractivity contribution in [1.82, 2.24) is 9.80 Å². The van der Waals surface area contributed by atoms with Gasteiger partial charge in [0.15, 0.2) is 0 Å². The number of amides is 2. The van der Waals surface area contributed by atoms with Crippen LogP contribution in [0.25, 0.3) is 0 Å². The zero-order valence-electron chi connectivity index (χ0n) is 19.1. The molecule has 2 amide bonds. The van der Waals surface area contributed by atoms with Crippen LogP contribution in [0.2, 0.25) is 0 Å². The normalized spacial score (nSPS) is 20.1. The van der Waals surface area contributed by atoms with Gasteiger partial charge in [-0.3, -0.25) is 9.59 Å². The van der Waals surface area contributed by atoms with Crippen molar-refractivity contribution in [1.29, 1.82) is 5.26 Å². The lowest BCUT2D eigenvalue weighted by Gasteiger charge is -2.42. The molecule has 1 aromatic rings. The zero-order chi connectivity index (χ0) is 24.4. The number of carbonyl (C=O) groups is 2. The Morgan fingerprint density at radius 1 is 1.27 bits per heavy atom. The van der Waals surface area contributed by atoms with Crippen LogP contribution in [0.1, 0.15) is 30.9 Å². The largest absolute Gasteiger partial charge is 0.417 e. The lowest BCUT2D eigenvalue weighted by atomic mass is 9.70. The Morgan fingerprint density at radius 3 is 2.48 bits per heavy atom. The number of piperidine rings is 1. The van der Waals surface area contributed by atoms with E-state index in [1.54, 1.807) is 30.0 Å². The molecule has 7 nitrogen and oxygen atoms in total. The first kappa shape index (κ1) is 24.8. The summed E-state index contributed by atoms with van der Waals surface area (Å²) in [5, 5.41) is 9.08. The molecule has 0 aromatic heterocycles. The van der Waals surface area contributed by atoms with Gasteiger partial charge < -0.3 is 19.4 Å². The standard InChI is InChI=1S/C23H29F3N4O3/c1-4-33-14-20(31)29-9-7-22(8-10-29)15-30(13-19(22)21(32)28(2)3)17-6-5-16(12-27)18(11-17)23(24,25)26/h5-6,11,19H,4,7-10,13-15H2,1-3H3. The third-order valence-corrected chi connectivity index (χ3v) is 6.72. The number of rotatable bonds is 5. The summed E-state index contributed by atoms with van der Waals surface area (Å²) in [6.45, 7) is 3.91. The van der Waals surface area contributed by atoms with E-state index in [0.29, 0.717) is 44.8 Å². The van der Waals surface area contributed by atoms with Crippen LogP contribution in [-0.4, -0.2) is 75.1 Å². The summed E-state index contributed by atoms with van der Waals surface area (Å²) < 4.78 is 45.7. The van der Waals surface area contributed by atoms with Gasteiger partial charge in [-0.1, -0.05) is 0 Å². The molecule has 1 atom stereocenters. The van der Waals surface area contributed by atoms with Crippen molar-refractivity contribution in [2.45, 2.75) is 25.9 Å². The monoisotopic (exact) mass is 466 g/mol. The van der Waals surface area contributed by atoms with Crippen molar-refractivity contribution < 1.29 is 27.5 Å². The highest BCUT2D eigenvalue weighted by Crippen LogP contribution is 2.47. The average Bonchev–Trinajstić information content (AvgIpc) is 3.14. The fraction of sp³-hybridized carbons (Fsp3) is 0.609. The molecule has 2 aliphatic rings. The predicted molar refractivity (Wildman–Crippen MR) is 115 cm³/mol. The molecule has 0 N–H and O–H groups in total. The van der Waals surface area contributed by atoms with Crippen molar-refractivity contribution >= 4 is 17.5 Å². The number of alkyl halides is 3. The second-order valence-electron chi connectivity index (χ2n) is 8.89. The minimum atomic E-state index is -4.65. The van der Waals surface area contributed by atoms with Crippen LogP contribution >= 0.6 is 0 Å². The van der Waals surface area contributed by atoms with Gasteiger partial charge in [0.05, 0.1) is 23.1 Å². The number of anilines is 1. The van der Waals surface area contributed by atoms with E-state index in [1.165, 1.54) is 17.0 Å². The van der Waals surface area contributed by atoms with E-state index in [0.717, 1.165) is 6.07 Å². The summed E-state index contributed by atoms with van der Waals surface area (Å²) in [6, 6.07) is 5.28. The lowest BCUT2D eigenvalue weighted by Crippen LogP contribution is -2.50. The van der Waals surface area contributed by atoms with Crippen LogP contribution in [0, 0.1) is 22.7 Å². The Kier molecular flexibility index (Phi) is 7.22. The molecule has 3 rings (SSSR count). The Morgan fingerprint density at radius 2 is 1.94 bits per heavy atom. The lowest BCUT2D eigenvalue weighted by molar-refractivity contribution is -0.141. The summed E-state index contributed by atoms with van der Waals surface area (Å²) in [6.07, 6.45) is -3.49. The summed E-state index contributed by atoms with van der Waals surface area (Å²) in [7, 11) is 3.34. The molecule has 1 aromatic carbocycles. The number of nitriles is 1. The summed E-state index contributed by atoms with van der Waals surface area (Å²) in [4.78, 5) is 30.4. The van der Waals surface area contributed by atoms with Crippen molar-refractivity contribution in [3.05, 3.63) is 29.3 Å². The van der Waals surface area contributed by atoms with E-state index in [9.17, 15) is 22.8 Å². The molecular weight excluding hydrogens is 437 g/mol. The first-order valence-electron chi connectivity index (χ1n) is 11.0. The number of benzene rings is 1. The quantitative estimate of drug-likeness (QED) is 0.667. The van der Waals surface area contributed by atoms with Gasteiger partial charge in [-0.2, -0.15) is 18.4 Å². The van der Waals surface area contributed by atoms with Gasteiger partial charge in [0, 0.05) is 58.0 Å². The third kappa shape index (κ3) is 5.08. The molecule has 2 saturated heterocycles. The molecule has 0 radical (unpaired) electrons. The maximum absolute atomic E-state index is 13.5. The number of nitrogens with zero attached hydrogens (tertiary/aromatic N) is 4. The topological polar surface area (TPSA) is 76.9 Å². The fourth-order valence-corrected chi connectivity index (χ4v) is 4.87. The molecule has 33 heavy (non-hydrogen) atoms. The van der Waals surface area contributed by atoms with Crippen molar-refractivity contribution in [3.8, 4) is 6.07 Å². The number of halogens is 3. The highest BCUT2D eigenvalue weighted by molar-refractivity contribution is 5.81. The first-order chi connectivity index (χ1) is 15.5. The van der Waals surface area contributed by atoms with E-state index < -0.39 is 28.6 Å². The van der Waals surface area contributed by atoms with Gasteiger partial charge in [0.2, 0.25) is 11.8 Å². The number of carbonyl (C=O) groups excluding carboxylic acids is 2. The fourth-order valence-electron chi connectivity index (χ4n) is 4.87. The highest BCUT2D eigenvalue weighted by atomic mass is 19.4. The van der Waals surface area contributed by atoms with Gasteiger partial charge in [-0.15, -0.1) is 0 Å². The van der Waals surface area contributed by atoms with Crippen molar-refractivity contribution in [3.63, 3.8) is 0 Å². The highest BCUT2D eigenvalue weighted by Gasteiger charge is 2.52. The molecule has 0 bridgehead atoms. The van der Waals surface area contributed by atoms with E-state index in [2.05, 4.69) is 0 Å². The van der Waals surface area contributed by atoms with E-state index in [4.69, 9.17) is 10.00 Å². The zero-order valence-corrected chi connectivity index (χ0v) is 19.1.